The first-order chi connectivity index (χ1) is 12.7. The quantitative estimate of drug-likeness (QED) is 0.613. The molecule has 27 heavy (non-hydrogen) atoms. The van der Waals surface area contributed by atoms with Crippen LogP contribution in [0.3, 0.4) is 0 Å². The monoisotopic (exact) mass is 412 g/mol. The van der Waals surface area contributed by atoms with Gasteiger partial charge in [0.15, 0.2) is 0 Å². The summed E-state index contributed by atoms with van der Waals surface area (Å²) in [6.45, 7) is 5.74. The third-order valence-corrected chi connectivity index (χ3v) is 6.40. The van der Waals surface area contributed by atoms with Gasteiger partial charge in [-0.3, -0.25) is 4.79 Å². The highest BCUT2D eigenvalue weighted by atomic mass is 32.2. The smallest absolute Gasteiger partial charge is 0.270 e. The average Bonchev–Trinajstić information content (AvgIpc) is 3.10. The van der Waals surface area contributed by atoms with E-state index >= 15 is 0 Å². The summed E-state index contributed by atoms with van der Waals surface area (Å²) in [4.78, 5) is 11.4. The number of carbonyl (C=O) groups excluding carboxylic acids is 1. The molecule has 2 rings (SSSR count). The first-order valence-electron chi connectivity index (χ1n) is 8.54. The Morgan fingerprint density at radius 2 is 1.89 bits per heavy atom. The summed E-state index contributed by atoms with van der Waals surface area (Å²) in [5.41, 5.74) is 0.831. The molecule has 0 fully saturated rings. The lowest BCUT2D eigenvalue weighted by molar-refractivity contribution is -0.115. The summed E-state index contributed by atoms with van der Waals surface area (Å²) in [6, 6.07) is 6.84. The molecule has 1 unspecified atom stereocenters. The Labute approximate surface area is 163 Å². The molecule has 0 saturated heterocycles. The third-order valence-electron chi connectivity index (χ3n) is 3.73. The normalized spacial score (nSPS) is 12.8. The highest BCUT2D eigenvalue weighted by Crippen LogP contribution is 2.27. The molecule has 1 aromatic carbocycles. The predicted molar refractivity (Wildman–Crippen MR) is 104 cm³/mol. The molecular formula is C17H24N4O4S2. The number of sulfonamides is 1. The van der Waals surface area contributed by atoms with E-state index in [1.807, 2.05) is 26.0 Å². The number of rotatable bonds is 9. The fraction of sp³-hybridized carbons (Fsp3) is 0.471. The minimum Gasteiger partial charge on any atom is -0.497 e. The van der Waals surface area contributed by atoms with E-state index in [1.165, 1.54) is 0 Å². The van der Waals surface area contributed by atoms with E-state index in [9.17, 15) is 13.2 Å². The number of nitrogens with one attached hydrogen (secondary N) is 2. The summed E-state index contributed by atoms with van der Waals surface area (Å²) in [7, 11) is -2.30. The summed E-state index contributed by atoms with van der Waals surface area (Å²) in [5.74, 6) is 0.720. The second-order valence-corrected chi connectivity index (χ2v) is 9.22. The number of hydrogen-bond acceptors (Lipinski definition) is 7. The van der Waals surface area contributed by atoms with Gasteiger partial charge >= 0.3 is 0 Å². The minimum absolute atomic E-state index is 0.159. The van der Waals surface area contributed by atoms with Crippen molar-refractivity contribution < 1.29 is 17.9 Å². The SMILES string of the molecule is CCC(=O)Nc1nnc(S(=O)(=O)NC(CC(C)C)c2ccc(OC)cc2)s1. The van der Waals surface area contributed by atoms with Crippen molar-refractivity contribution in [1.82, 2.24) is 14.9 Å². The lowest BCUT2D eigenvalue weighted by Gasteiger charge is -2.20. The van der Waals surface area contributed by atoms with Gasteiger partial charge in [-0.15, -0.1) is 10.2 Å². The molecule has 0 saturated carbocycles. The van der Waals surface area contributed by atoms with Crippen molar-refractivity contribution in [3.63, 3.8) is 0 Å². The molecule has 1 aromatic heterocycles. The molecule has 0 aliphatic carbocycles. The first-order valence-corrected chi connectivity index (χ1v) is 10.8. The van der Waals surface area contributed by atoms with Gasteiger partial charge in [-0.1, -0.05) is 44.2 Å². The number of anilines is 1. The highest BCUT2D eigenvalue weighted by molar-refractivity contribution is 7.91. The van der Waals surface area contributed by atoms with Gasteiger partial charge in [0.1, 0.15) is 5.75 Å². The van der Waals surface area contributed by atoms with Gasteiger partial charge in [0.2, 0.25) is 15.4 Å². The van der Waals surface area contributed by atoms with Gasteiger partial charge < -0.3 is 10.1 Å². The number of amides is 1. The average molecular weight is 413 g/mol. The Hall–Kier alpha value is -2.04. The molecule has 8 nitrogen and oxygen atoms in total. The van der Waals surface area contributed by atoms with E-state index in [4.69, 9.17) is 4.74 Å². The number of nitrogens with zero attached hydrogens (tertiary/aromatic N) is 2. The maximum Gasteiger partial charge on any atom is 0.270 e. The van der Waals surface area contributed by atoms with Gasteiger partial charge in [0, 0.05) is 12.5 Å². The van der Waals surface area contributed by atoms with Crippen molar-refractivity contribution in [3.8, 4) is 5.75 Å². The zero-order valence-electron chi connectivity index (χ0n) is 15.7. The van der Waals surface area contributed by atoms with E-state index in [-0.39, 0.29) is 27.7 Å². The summed E-state index contributed by atoms with van der Waals surface area (Å²) < 4.78 is 33.2. The number of carbonyl (C=O) groups is 1. The molecule has 1 amide bonds. The molecule has 10 heteroatoms. The van der Waals surface area contributed by atoms with Crippen LogP contribution in [0, 0.1) is 5.92 Å². The topological polar surface area (TPSA) is 110 Å². The van der Waals surface area contributed by atoms with Crippen molar-refractivity contribution in [2.24, 2.45) is 5.92 Å². The van der Waals surface area contributed by atoms with Crippen LogP contribution in [0.5, 0.6) is 5.75 Å². The molecule has 0 aliphatic rings. The number of aromatic nitrogens is 2. The predicted octanol–water partition coefficient (Wildman–Crippen LogP) is 2.96. The van der Waals surface area contributed by atoms with Crippen molar-refractivity contribution in [3.05, 3.63) is 29.8 Å². The van der Waals surface area contributed by atoms with Crippen molar-refractivity contribution in [1.29, 1.82) is 0 Å². The van der Waals surface area contributed by atoms with Crippen LogP contribution in [0.25, 0.3) is 0 Å². The minimum atomic E-state index is -3.88. The van der Waals surface area contributed by atoms with Crippen LogP contribution in [-0.4, -0.2) is 31.6 Å². The molecular weight excluding hydrogens is 388 g/mol. The molecule has 2 N–H and O–H groups in total. The van der Waals surface area contributed by atoms with Crippen molar-refractivity contribution >= 4 is 32.4 Å². The lowest BCUT2D eigenvalue weighted by Crippen LogP contribution is -2.29. The fourth-order valence-corrected chi connectivity index (χ4v) is 4.54. The lowest BCUT2D eigenvalue weighted by atomic mass is 9.98. The molecule has 0 radical (unpaired) electrons. The second kappa shape index (κ2) is 9.25. The second-order valence-electron chi connectivity index (χ2n) is 6.35. The Morgan fingerprint density at radius 3 is 2.44 bits per heavy atom. The zero-order valence-corrected chi connectivity index (χ0v) is 17.4. The van der Waals surface area contributed by atoms with Gasteiger partial charge in [-0.05, 0) is 30.0 Å². The van der Waals surface area contributed by atoms with Gasteiger partial charge in [-0.25, -0.2) is 13.1 Å². The largest absolute Gasteiger partial charge is 0.497 e. The molecule has 1 heterocycles. The fourth-order valence-electron chi connectivity index (χ4n) is 2.37. The molecule has 0 bridgehead atoms. The van der Waals surface area contributed by atoms with Crippen molar-refractivity contribution in [2.75, 3.05) is 12.4 Å². The van der Waals surface area contributed by atoms with E-state index < -0.39 is 16.1 Å². The number of methoxy groups -OCH3 is 1. The Bertz CT molecular complexity index is 863. The third kappa shape index (κ3) is 5.98. The van der Waals surface area contributed by atoms with Crippen LogP contribution < -0.4 is 14.8 Å². The Kier molecular flexibility index (Phi) is 7.28. The van der Waals surface area contributed by atoms with Crippen molar-refractivity contribution in [2.45, 2.75) is 44.0 Å². The Balaban J connectivity index is 2.23. The van der Waals surface area contributed by atoms with Crippen LogP contribution in [0.1, 0.15) is 45.2 Å². The van der Waals surface area contributed by atoms with E-state index in [0.29, 0.717) is 12.2 Å². The highest BCUT2D eigenvalue weighted by Gasteiger charge is 2.26. The molecule has 0 aliphatic heterocycles. The van der Waals surface area contributed by atoms with Crippen LogP contribution >= 0.6 is 11.3 Å². The first kappa shape index (κ1) is 21.3. The Morgan fingerprint density at radius 1 is 1.22 bits per heavy atom. The molecule has 2 aromatic rings. The van der Waals surface area contributed by atoms with Gasteiger partial charge in [-0.2, -0.15) is 0 Å². The van der Waals surface area contributed by atoms with Gasteiger partial charge in [0.05, 0.1) is 7.11 Å². The molecule has 0 spiro atoms. The zero-order chi connectivity index (χ0) is 20.0. The number of ether oxygens (including phenoxy) is 1. The van der Waals surface area contributed by atoms with E-state index in [0.717, 1.165) is 16.9 Å². The maximum absolute atomic E-state index is 12.7. The van der Waals surface area contributed by atoms with Gasteiger partial charge in [0.25, 0.3) is 10.0 Å². The molecule has 148 valence electrons. The maximum atomic E-state index is 12.7. The van der Waals surface area contributed by atoms with Crippen LogP contribution in [0.4, 0.5) is 5.13 Å². The standard InChI is InChI=1S/C17H24N4O4S2/c1-5-15(22)18-16-19-20-17(26-16)27(23,24)21-14(10-11(2)3)12-6-8-13(25-4)9-7-12/h6-9,11,14,21H,5,10H2,1-4H3,(H,18,19,22). The van der Waals surface area contributed by atoms with Crippen LogP contribution in [-0.2, 0) is 14.8 Å². The summed E-state index contributed by atoms with van der Waals surface area (Å²) in [5, 5.41) is 10.1. The number of benzene rings is 1. The summed E-state index contributed by atoms with van der Waals surface area (Å²) in [6.07, 6.45) is 0.887. The number of hydrogen-bond donors (Lipinski definition) is 2. The van der Waals surface area contributed by atoms with E-state index in [2.05, 4.69) is 20.2 Å². The van der Waals surface area contributed by atoms with Crippen LogP contribution in [0.15, 0.2) is 28.6 Å². The van der Waals surface area contributed by atoms with E-state index in [1.54, 1.807) is 26.2 Å². The van der Waals surface area contributed by atoms with Crippen LogP contribution in [0.2, 0.25) is 0 Å². The molecule has 1 atom stereocenters. The summed E-state index contributed by atoms with van der Waals surface area (Å²) >= 11 is 0.821.